The van der Waals surface area contributed by atoms with Gasteiger partial charge >= 0.3 is 0 Å². The molecule has 0 aliphatic heterocycles. The van der Waals surface area contributed by atoms with Gasteiger partial charge in [-0.1, -0.05) is 11.8 Å². The zero-order valence-corrected chi connectivity index (χ0v) is 15.5. The fourth-order valence-electron chi connectivity index (χ4n) is 2.18. The van der Waals surface area contributed by atoms with E-state index < -0.39 is 17.5 Å². The molecule has 1 amide bonds. The summed E-state index contributed by atoms with van der Waals surface area (Å²) in [5.41, 5.74) is -0.0987. The van der Waals surface area contributed by atoms with Crippen LogP contribution < -0.4 is 10.1 Å². The molecular weight excluding hydrogens is 393 g/mol. The van der Waals surface area contributed by atoms with Crippen LogP contribution in [0.1, 0.15) is 5.82 Å². The third-order valence-electron chi connectivity index (χ3n) is 3.64. The van der Waals surface area contributed by atoms with Crippen molar-refractivity contribution >= 4 is 23.4 Å². The predicted octanol–water partition coefficient (Wildman–Crippen LogP) is 3.54. The molecule has 146 valence electrons. The van der Waals surface area contributed by atoms with Crippen LogP contribution in [0.25, 0.3) is 0 Å². The van der Waals surface area contributed by atoms with Crippen LogP contribution in [0.15, 0.2) is 47.6 Å². The fourth-order valence-corrected chi connectivity index (χ4v) is 2.91. The highest BCUT2D eigenvalue weighted by Crippen LogP contribution is 2.19. The van der Waals surface area contributed by atoms with Gasteiger partial charge in [-0.05, 0) is 36.4 Å². The topological polar surface area (TPSA) is 69.0 Å². The van der Waals surface area contributed by atoms with Gasteiger partial charge < -0.3 is 14.6 Å². The highest BCUT2D eigenvalue weighted by atomic mass is 32.2. The second kappa shape index (κ2) is 8.79. The Bertz CT molecular complexity index is 979. The largest absolute Gasteiger partial charge is 0.486 e. The summed E-state index contributed by atoms with van der Waals surface area (Å²) in [4.78, 5) is 12.0. The summed E-state index contributed by atoms with van der Waals surface area (Å²) in [7, 11) is 1.71. The molecule has 28 heavy (non-hydrogen) atoms. The number of carbonyl (C=O) groups is 1. The predicted molar refractivity (Wildman–Crippen MR) is 97.4 cm³/mol. The zero-order valence-electron chi connectivity index (χ0n) is 14.7. The Kier molecular flexibility index (Phi) is 6.19. The van der Waals surface area contributed by atoms with Crippen molar-refractivity contribution in [1.29, 1.82) is 0 Å². The van der Waals surface area contributed by atoms with Crippen molar-refractivity contribution in [2.75, 3.05) is 11.1 Å². The molecule has 10 heteroatoms. The van der Waals surface area contributed by atoms with E-state index in [-0.39, 0.29) is 23.9 Å². The fraction of sp³-hybridized carbons (Fsp3) is 0.167. The van der Waals surface area contributed by atoms with Crippen LogP contribution in [0.4, 0.5) is 18.9 Å². The number of ether oxygens (including phenoxy) is 1. The molecule has 1 aromatic heterocycles. The van der Waals surface area contributed by atoms with Crippen LogP contribution in [0, 0.1) is 17.5 Å². The van der Waals surface area contributed by atoms with Gasteiger partial charge in [0.2, 0.25) is 5.91 Å². The summed E-state index contributed by atoms with van der Waals surface area (Å²) >= 11 is 1.10. The summed E-state index contributed by atoms with van der Waals surface area (Å²) < 4.78 is 46.5. The zero-order chi connectivity index (χ0) is 20.1. The van der Waals surface area contributed by atoms with E-state index in [0.717, 1.165) is 23.9 Å². The molecular formula is C18H15F3N4O2S. The quantitative estimate of drug-likeness (QED) is 0.606. The molecule has 0 atom stereocenters. The monoisotopic (exact) mass is 408 g/mol. The third kappa shape index (κ3) is 5.03. The normalized spacial score (nSPS) is 10.7. The Hall–Kier alpha value is -3.01. The molecule has 0 radical (unpaired) electrons. The number of hydrogen-bond acceptors (Lipinski definition) is 5. The Morgan fingerprint density at radius 2 is 1.82 bits per heavy atom. The summed E-state index contributed by atoms with van der Waals surface area (Å²) in [6.45, 7) is 0.114. The van der Waals surface area contributed by atoms with E-state index in [2.05, 4.69) is 15.5 Å². The Balaban J connectivity index is 1.53. The van der Waals surface area contributed by atoms with Gasteiger partial charge in [0, 0.05) is 13.1 Å². The average molecular weight is 408 g/mol. The minimum Gasteiger partial charge on any atom is -0.486 e. The lowest BCUT2D eigenvalue weighted by Crippen LogP contribution is -2.15. The maximum absolute atomic E-state index is 13.6. The molecule has 1 heterocycles. The molecule has 0 spiro atoms. The molecule has 0 saturated carbocycles. The van der Waals surface area contributed by atoms with Gasteiger partial charge in [0.25, 0.3) is 0 Å². The van der Waals surface area contributed by atoms with Crippen LogP contribution >= 0.6 is 11.8 Å². The first-order valence-electron chi connectivity index (χ1n) is 8.06. The standard InChI is InChI=1S/C18H15F3N4O2S/c1-25-16(9-27-13-5-2-11(19)3-6-13)23-24-18(25)28-10-17(26)22-15-7-4-12(20)8-14(15)21/h2-8H,9-10H2,1H3,(H,22,26). The van der Waals surface area contributed by atoms with Gasteiger partial charge in [-0.2, -0.15) is 0 Å². The van der Waals surface area contributed by atoms with Crippen molar-refractivity contribution < 1.29 is 22.7 Å². The Labute approximate surface area is 162 Å². The third-order valence-corrected chi connectivity index (χ3v) is 4.66. The van der Waals surface area contributed by atoms with Crippen molar-refractivity contribution in [2.45, 2.75) is 11.8 Å². The number of aromatic nitrogens is 3. The molecule has 0 bridgehead atoms. The van der Waals surface area contributed by atoms with Crippen molar-refractivity contribution in [1.82, 2.24) is 14.8 Å². The smallest absolute Gasteiger partial charge is 0.234 e. The molecule has 0 aliphatic rings. The van der Waals surface area contributed by atoms with Crippen LogP contribution in [0.2, 0.25) is 0 Å². The molecule has 0 unspecified atom stereocenters. The lowest BCUT2D eigenvalue weighted by atomic mass is 10.3. The lowest BCUT2D eigenvalue weighted by molar-refractivity contribution is -0.113. The summed E-state index contributed by atoms with van der Waals surface area (Å²) in [6.07, 6.45) is 0. The summed E-state index contributed by atoms with van der Waals surface area (Å²) in [5, 5.41) is 10.8. The first kappa shape index (κ1) is 19.7. The molecule has 1 N–H and O–H groups in total. The molecule has 6 nitrogen and oxygen atoms in total. The second-order valence-corrected chi connectivity index (χ2v) is 6.60. The highest BCUT2D eigenvalue weighted by molar-refractivity contribution is 7.99. The van der Waals surface area contributed by atoms with Crippen LogP contribution in [0.3, 0.4) is 0 Å². The van der Waals surface area contributed by atoms with E-state index in [9.17, 15) is 18.0 Å². The van der Waals surface area contributed by atoms with Gasteiger partial charge in [-0.15, -0.1) is 10.2 Å². The first-order chi connectivity index (χ1) is 13.4. The number of halogens is 3. The second-order valence-electron chi connectivity index (χ2n) is 5.66. The van der Waals surface area contributed by atoms with Gasteiger partial charge in [0.05, 0.1) is 11.4 Å². The number of anilines is 1. The number of amides is 1. The Morgan fingerprint density at radius 3 is 2.54 bits per heavy atom. The SMILES string of the molecule is Cn1c(COc2ccc(F)cc2)nnc1SCC(=O)Nc1ccc(F)cc1F. The van der Waals surface area contributed by atoms with Crippen LogP contribution in [0.5, 0.6) is 5.75 Å². The maximum atomic E-state index is 13.6. The number of carbonyl (C=O) groups excluding carboxylic acids is 1. The van der Waals surface area contributed by atoms with E-state index in [0.29, 0.717) is 22.8 Å². The van der Waals surface area contributed by atoms with Gasteiger partial charge in [-0.25, -0.2) is 13.2 Å². The van der Waals surface area contributed by atoms with E-state index in [1.54, 1.807) is 11.6 Å². The van der Waals surface area contributed by atoms with Crippen molar-refractivity contribution in [3.8, 4) is 5.75 Å². The Morgan fingerprint density at radius 1 is 1.11 bits per heavy atom. The number of benzene rings is 2. The lowest BCUT2D eigenvalue weighted by Gasteiger charge is -2.07. The minimum absolute atomic E-state index is 0.0401. The van der Waals surface area contributed by atoms with E-state index in [1.807, 2.05) is 0 Å². The molecule has 3 aromatic rings. The van der Waals surface area contributed by atoms with Gasteiger partial charge in [-0.3, -0.25) is 4.79 Å². The summed E-state index contributed by atoms with van der Waals surface area (Å²) in [6, 6.07) is 8.48. The van der Waals surface area contributed by atoms with E-state index in [1.165, 1.54) is 24.3 Å². The molecule has 3 rings (SSSR count). The number of nitrogens with one attached hydrogen (secondary N) is 1. The van der Waals surface area contributed by atoms with Gasteiger partial charge in [0.1, 0.15) is 29.8 Å². The average Bonchev–Trinajstić information content (AvgIpc) is 3.02. The maximum Gasteiger partial charge on any atom is 0.234 e. The summed E-state index contributed by atoms with van der Waals surface area (Å²) in [5.74, 6) is -1.44. The van der Waals surface area contributed by atoms with E-state index in [4.69, 9.17) is 4.74 Å². The number of nitrogens with zero attached hydrogens (tertiary/aromatic N) is 3. The van der Waals surface area contributed by atoms with Crippen molar-refractivity contribution in [3.05, 3.63) is 65.7 Å². The van der Waals surface area contributed by atoms with Crippen molar-refractivity contribution in [2.24, 2.45) is 7.05 Å². The van der Waals surface area contributed by atoms with Crippen LogP contribution in [-0.2, 0) is 18.4 Å². The van der Waals surface area contributed by atoms with Crippen molar-refractivity contribution in [3.63, 3.8) is 0 Å². The number of thioether (sulfide) groups is 1. The molecule has 0 fully saturated rings. The molecule has 0 saturated heterocycles. The number of rotatable bonds is 7. The molecule has 2 aromatic carbocycles. The van der Waals surface area contributed by atoms with Crippen LogP contribution in [-0.4, -0.2) is 26.4 Å². The van der Waals surface area contributed by atoms with E-state index >= 15 is 0 Å². The molecule has 0 aliphatic carbocycles. The van der Waals surface area contributed by atoms with Gasteiger partial charge in [0.15, 0.2) is 11.0 Å². The minimum atomic E-state index is -0.850. The highest BCUT2D eigenvalue weighted by Gasteiger charge is 2.13. The number of hydrogen-bond donors (Lipinski definition) is 1. The first-order valence-corrected chi connectivity index (χ1v) is 9.05.